The summed E-state index contributed by atoms with van der Waals surface area (Å²) >= 11 is -5.55. The Morgan fingerprint density at radius 3 is 1.02 bits per heavy atom. The van der Waals surface area contributed by atoms with Crippen molar-refractivity contribution in [3.63, 3.8) is 0 Å². The van der Waals surface area contributed by atoms with Gasteiger partial charge in [-0.3, -0.25) is 15.0 Å². The van der Waals surface area contributed by atoms with E-state index in [1.54, 1.807) is 12.4 Å². The van der Waals surface area contributed by atoms with Crippen LogP contribution in [0.4, 0.5) is 0 Å². The standard InChI is InChI=1S/C27H23N2O.2C26H21N2O.3C17H22GeN.3Ir/c1-27(2,3)15-18-12-13-29-23(14-18)20-10-7-11-21-25-22(19-8-5-4-6-9-19)16-28-17-24(25)30-26(20)21;1-26(2,3)18-12-13-28-22(14-18)19-10-7-11-20-24-21(17-8-5-4-6-9-17)15-27-16-23(24)29-25(19)20;1-17(2)13-18-11-12-27-24(14-18)21-10-6-9-20-22-15-23(19-7-4-3-5-8-19)28-16-25(22)29-26(20)21;3*1-13(2)15-11-17(14-9-7-6-8-10-14)19-12-16(15)18(3,4)5;;;/h4-9,11-14,16-17H,15H2,1-3H3;4-9,11-16H,1-3H3;3-9,11-12,14-17H,13H2,1-2H3;3*6-9,11-13H,1-5H3;;;/q6*-1;;;. The van der Waals surface area contributed by atoms with Gasteiger partial charge in [-0.25, -0.2) is 0 Å². The molecule has 0 atom stereocenters. The van der Waals surface area contributed by atoms with Crippen molar-refractivity contribution in [1.82, 2.24) is 44.9 Å². The van der Waals surface area contributed by atoms with Crippen molar-refractivity contribution in [2.75, 3.05) is 0 Å². The van der Waals surface area contributed by atoms with Crippen LogP contribution in [0.1, 0.15) is 148 Å². The molecule has 0 amide bonds. The monoisotopic (exact) mass is 2670 g/mol. The Morgan fingerprint density at radius 1 is 0.297 bits per heavy atom. The van der Waals surface area contributed by atoms with E-state index in [0.717, 1.165) is 180 Å². The summed E-state index contributed by atoms with van der Waals surface area (Å²) in [6.07, 6.45) is 23.2. The third-order valence-electron chi connectivity index (χ3n) is 25.7. The zero-order valence-corrected chi connectivity index (χ0v) is 103. The largest absolute Gasteiger partial charge is 0 e. The first-order chi connectivity index (χ1) is 69.4. The molecule has 0 N–H and O–H groups in total. The van der Waals surface area contributed by atoms with E-state index >= 15 is 0 Å². The molecule has 12 nitrogen and oxygen atoms in total. The maximum absolute atomic E-state index is 6.31. The maximum atomic E-state index is 6.31. The van der Waals surface area contributed by atoms with E-state index < -0.39 is 39.8 Å². The van der Waals surface area contributed by atoms with Crippen LogP contribution in [0, 0.1) is 47.7 Å². The van der Waals surface area contributed by atoms with Gasteiger partial charge in [0, 0.05) is 124 Å². The van der Waals surface area contributed by atoms with Crippen LogP contribution in [0.3, 0.4) is 0 Å². The fourth-order valence-electron chi connectivity index (χ4n) is 18.4. The molecule has 12 aromatic heterocycles. The molecule has 148 heavy (non-hydrogen) atoms. The van der Waals surface area contributed by atoms with Crippen LogP contribution >= 0.6 is 0 Å². The van der Waals surface area contributed by atoms with E-state index in [1.165, 1.54) is 46.6 Å². The van der Waals surface area contributed by atoms with Crippen LogP contribution in [0.25, 0.3) is 167 Å². The van der Waals surface area contributed by atoms with E-state index in [4.69, 9.17) is 13.3 Å². The van der Waals surface area contributed by atoms with Crippen molar-refractivity contribution in [3.8, 4) is 101 Å². The minimum atomic E-state index is -1.85. The molecule has 21 rings (SSSR count). The van der Waals surface area contributed by atoms with Crippen molar-refractivity contribution >= 4 is 119 Å². The second-order valence-corrected chi connectivity index (χ2v) is 75.7. The van der Waals surface area contributed by atoms with Gasteiger partial charge in [-0.05, 0) is 87.6 Å². The smallest absolute Gasteiger partial charge is 0 e. The fourth-order valence-corrected chi connectivity index (χ4v) is 29.0. The molecular weight excluding hydrogens is 2530 g/mol. The second-order valence-electron chi connectivity index (χ2n) is 44.0. The molecule has 0 aliphatic carbocycles. The molecule has 0 aliphatic heterocycles. The summed E-state index contributed by atoms with van der Waals surface area (Å²) < 4.78 is 23.4. The van der Waals surface area contributed by atoms with Crippen molar-refractivity contribution < 1.29 is 73.6 Å². The van der Waals surface area contributed by atoms with Gasteiger partial charge < -0.3 is 28.2 Å². The van der Waals surface area contributed by atoms with E-state index in [9.17, 15) is 0 Å². The van der Waals surface area contributed by atoms with Gasteiger partial charge in [0.1, 0.15) is 16.7 Å². The van der Waals surface area contributed by atoms with Gasteiger partial charge in [-0.15, -0.1) is 54.6 Å². The predicted molar refractivity (Wildman–Crippen MR) is 614 cm³/mol. The number of fused-ring (bicyclic) bond motifs is 9. The van der Waals surface area contributed by atoms with Gasteiger partial charge in [-0.2, -0.15) is 0 Å². The Morgan fingerprint density at radius 2 is 0.649 bits per heavy atom. The van der Waals surface area contributed by atoms with Crippen LogP contribution in [-0.2, 0) is 78.6 Å². The quantitative estimate of drug-likeness (QED) is 0.0593. The molecule has 3 radical (unpaired) electrons. The van der Waals surface area contributed by atoms with Crippen LogP contribution in [-0.4, -0.2) is 84.7 Å². The Bertz CT molecular complexity index is 7780. The summed E-state index contributed by atoms with van der Waals surface area (Å²) in [7, 11) is 0. The number of benzene rings is 9. The third kappa shape index (κ3) is 27.7. The zero-order valence-electron chi connectivity index (χ0n) is 89.2. The summed E-state index contributed by atoms with van der Waals surface area (Å²) in [5, 5.41) is 6.38. The van der Waals surface area contributed by atoms with E-state index in [1.807, 2.05) is 165 Å². The maximum Gasteiger partial charge on any atom is 0 e. The molecule has 0 fully saturated rings. The van der Waals surface area contributed by atoms with E-state index in [0.29, 0.717) is 23.7 Å². The number of hydrogen-bond acceptors (Lipinski definition) is 12. The van der Waals surface area contributed by atoms with E-state index in [2.05, 4.69) is 382 Å². The summed E-state index contributed by atoms with van der Waals surface area (Å²) in [4.78, 5) is 41.3. The minimum Gasteiger partial charge on any atom is 0 e. The number of aromatic nitrogens is 9. The number of hydrogen-bond donors (Lipinski definition) is 0. The summed E-state index contributed by atoms with van der Waals surface area (Å²) in [6, 6.07) is 108. The van der Waals surface area contributed by atoms with Gasteiger partial charge >= 0.3 is 357 Å². The number of furan rings is 3. The SMILES string of the molecule is CC(C)(C)Cc1ccnc(-c2[c-]ccc3c2oc2cncc(-c4ccccc4)c23)c1.CC(C)(C)c1ccnc(-c2[c-]ccc3c2oc2cncc(-c4ccccc4)c23)c1.CC(C)Cc1ccnc(-c2[c-]ccc3c2oc2cnc(-c4ccccc4)cc23)c1.CC(C)c1cc(-c2[c-]cccc2)nc[c]1[Ge]([CH3])([CH3])[CH3].CC(C)c1cc(-c2[c-]cccc2)nc[c]1[Ge]([CH3])([CH3])[CH3].CC(C)c1cc(-c2[c-]cccc2)nc[c]1[Ge]([CH3])([CH3])[CH3].[Ir].[Ir].[Ir]. The molecule has 0 aliphatic rings. The first-order valence-electron chi connectivity index (χ1n) is 50.5. The molecule has 759 valence electrons. The van der Waals surface area contributed by atoms with E-state index in [-0.39, 0.29) is 71.1 Å². The summed E-state index contributed by atoms with van der Waals surface area (Å²) in [5.41, 5.74) is 31.3. The summed E-state index contributed by atoms with van der Waals surface area (Å²) in [5.74, 6) is 24.1. The van der Waals surface area contributed by atoms with Crippen LogP contribution < -0.4 is 13.2 Å². The predicted octanol–water partition coefficient (Wildman–Crippen LogP) is 33.3. The van der Waals surface area contributed by atoms with Crippen LogP contribution in [0.2, 0.25) is 51.8 Å². The molecular formula is C130H131Ge3Ir3N9O3-6. The molecule has 0 bridgehead atoms. The Balaban J connectivity index is 0.000000149. The average molecular weight is 2660 g/mol. The number of rotatable bonds is 18. The second kappa shape index (κ2) is 49.8. The van der Waals surface area contributed by atoms with Gasteiger partial charge in [0.15, 0.2) is 0 Å². The Labute approximate surface area is 924 Å². The number of nitrogens with zero attached hydrogens (tertiary/aromatic N) is 9. The molecule has 18 heteroatoms. The summed E-state index contributed by atoms with van der Waals surface area (Å²) in [6.45, 7) is 31.4. The normalized spacial score (nSPS) is 11.6. The van der Waals surface area contributed by atoms with Crippen molar-refractivity contribution in [2.24, 2.45) is 11.3 Å². The average Bonchev–Trinajstić information content (AvgIpc) is 1.60. The molecule has 0 unspecified atom stereocenters. The van der Waals surface area contributed by atoms with Crippen molar-refractivity contribution in [2.45, 2.75) is 185 Å². The van der Waals surface area contributed by atoms with Gasteiger partial charge in [0.25, 0.3) is 0 Å². The fraction of sp³-hybridized carbons (Fsp3) is 0.238. The molecule has 0 saturated heterocycles. The van der Waals surface area contributed by atoms with Gasteiger partial charge in [0.2, 0.25) is 0 Å². The Hall–Kier alpha value is -11.7. The van der Waals surface area contributed by atoms with Crippen molar-refractivity contribution in [3.05, 3.63) is 399 Å². The molecule has 0 spiro atoms. The topological polar surface area (TPSA) is 155 Å². The van der Waals surface area contributed by atoms with Gasteiger partial charge in [-0.1, -0.05) is 209 Å². The molecule has 12 heterocycles. The number of pyridine rings is 9. The van der Waals surface area contributed by atoms with Crippen LogP contribution in [0.5, 0.6) is 0 Å². The third-order valence-corrected chi connectivity index (χ3v) is 38.5. The minimum absolute atomic E-state index is 0. The molecule has 9 aromatic carbocycles. The molecule has 0 saturated carbocycles. The zero-order chi connectivity index (χ0) is 103. The first-order valence-corrected chi connectivity index (χ1v) is 72.5. The van der Waals surface area contributed by atoms with Gasteiger partial charge in [0.05, 0.1) is 41.0 Å². The molecule has 21 aromatic rings. The Kier molecular flexibility index (Phi) is 38.2. The van der Waals surface area contributed by atoms with Crippen LogP contribution in [0.15, 0.2) is 342 Å². The first kappa shape index (κ1) is 113. The van der Waals surface area contributed by atoms with Crippen molar-refractivity contribution in [1.29, 1.82) is 0 Å².